The van der Waals surface area contributed by atoms with Gasteiger partial charge in [0.15, 0.2) is 5.78 Å². The van der Waals surface area contributed by atoms with Crippen molar-refractivity contribution in [3.63, 3.8) is 0 Å². The summed E-state index contributed by atoms with van der Waals surface area (Å²) < 4.78 is 36.9. The molecular weight excluding hydrogens is 391 g/mol. The van der Waals surface area contributed by atoms with Crippen molar-refractivity contribution in [1.29, 1.82) is 0 Å². The van der Waals surface area contributed by atoms with Crippen molar-refractivity contribution in [2.45, 2.75) is 6.18 Å². The van der Waals surface area contributed by atoms with Crippen molar-refractivity contribution in [1.82, 2.24) is 0 Å². The maximum Gasteiger partial charge on any atom is 0.490 e. The van der Waals surface area contributed by atoms with E-state index in [4.69, 9.17) is 32.0 Å². The van der Waals surface area contributed by atoms with E-state index in [0.29, 0.717) is 21.9 Å². The number of Topliss-reactive ketones (excluding diaryl/α,β-unsaturated/α-hetero) is 1. The molecule has 2 aromatic carbocycles. The van der Waals surface area contributed by atoms with Gasteiger partial charge in [0.25, 0.3) is 0 Å². The molecule has 0 unspecified atom stereocenters. The first-order valence-electron chi connectivity index (χ1n) is 7.15. The van der Waals surface area contributed by atoms with Crippen LogP contribution < -0.4 is 10.5 Å². The molecule has 0 atom stereocenters. The van der Waals surface area contributed by atoms with Gasteiger partial charge in [0.2, 0.25) is 0 Å². The highest BCUT2D eigenvalue weighted by Crippen LogP contribution is 2.16. The lowest BCUT2D eigenvalue weighted by molar-refractivity contribution is -0.192. The number of carbonyl (C=O) groups is 3. The van der Waals surface area contributed by atoms with Gasteiger partial charge in [0.05, 0.1) is 12.1 Å². The predicted molar refractivity (Wildman–Crippen MR) is 89.9 cm³/mol. The summed E-state index contributed by atoms with van der Waals surface area (Å²) in [4.78, 5) is 32.1. The molecule has 6 nitrogen and oxygen atoms in total. The Morgan fingerprint density at radius 1 is 0.963 bits per heavy atom. The number of carbonyl (C=O) groups excluding carboxylic acids is 2. The molecule has 0 aliphatic carbocycles. The number of aliphatic carboxylic acids is 1. The fourth-order valence-electron chi connectivity index (χ4n) is 1.58. The topological polar surface area (TPSA) is 107 Å². The third kappa shape index (κ3) is 7.47. The van der Waals surface area contributed by atoms with Gasteiger partial charge in [-0.1, -0.05) is 11.6 Å². The molecule has 144 valence electrons. The van der Waals surface area contributed by atoms with Gasteiger partial charge in [-0.2, -0.15) is 13.2 Å². The molecule has 2 aromatic rings. The second-order valence-electron chi connectivity index (χ2n) is 4.85. The van der Waals surface area contributed by atoms with Crippen LogP contribution in [0.5, 0.6) is 5.75 Å². The Morgan fingerprint density at radius 3 is 1.81 bits per heavy atom. The fraction of sp³-hybridized carbons (Fsp3) is 0.118. The molecule has 0 saturated carbocycles. The van der Waals surface area contributed by atoms with Gasteiger partial charge in [-0.25, -0.2) is 9.59 Å². The molecule has 0 fully saturated rings. The first kappa shape index (κ1) is 22.1. The van der Waals surface area contributed by atoms with Crippen LogP contribution in [0.1, 0.15) is 20.7 Å². The predicted octanol–water partition coefficient (Wildman–Crippen LogP) is 3.33. The van der Waals surface area contributed by atoms with Crippen molar-refractivity contribution in [2.24, 2.45) is 5.73 Å². The van der Waals surface area contributed by atoms with Crippen LogP contribution in [0.25, 0.3) is 0 Å². The van der Waals surface area contributed by atoms with Crippen molar-refractivity contribution >= 4 is 29.3 Å². The minimum Gasteiger partial charge on any atom is -0.475 e. The van der Waals surface area contributed by atoms with E-state index >= 15 is 0 Å². The molecule has 0 aromatic heterocycles. The molecule has 0 spiro atoms. The Kier molecular flexibility index (Phi) is 7.95. The fourth-order valence-corrected chi connectivity index (χ4v) is 1.70. The molecule has 27 heavy (non-hydrogen) atoms. The lowest BCUT2D eigenvalue weighted by atomic mass is 10.1. The van der Waals surface area contributed by atoms with E-state index < -0.39 is 18.1 Å². The van der Waals surface area contributed by atoms with Crippen LogP contribution in [0.2, 0.25) is 5.02 Å². The number of nitrogens with two attached hydrogens (primary N) is 1. The van der Waals surface area contributed by atoms with E-state index in [2.05, 4.69) is 0 Å². The number of hydrogen-bond acceptors (Lipinski definition) is 5. The minimum atomic E-state index is -5.08. The summed E-state index contributed by atoms with van der Waals surface area (Å²) in [6, 6.07) is 12.6. The van der Waals surface area contributed by atoms with Gasteiger partial charge < -0.3 is 15.6 Å². The van der Waals surface area contributed by atoms with Crippen molar-refractivity contribution in [2.75, 3.05) is 6.54 Å². The average Bonchev–Trinajstić information content (AvgIpc) is 2.62. The Balaban J connectivity index is 0.000000445. The lowest BCUT2D eigenvalue weighted by Crippen LogP contribution is -2.21. The van der Waals surface area contributed by atoms with Crippen LogP contribution in [0.3, 0.4) is 0 Å². The third-order valence-electron chi connectivity index (χ3n) is 2.89. The van der Waals surface area contributed by atoms with Crippen LogP contribution in [-0.2, 0) is 4.79 Å². The summed E-state index contributed by atoms with van der Waals surface area (Å²) in [6.07, 6.45) is -5.08. The van der Waals surface area contributed by atoms with E-state index in [-0.39, 0.29) is 12.3 Å². The number of esters is 1. The first-order chi connectivity index (χ1) is 12.5. The minimum absolute atomic E-state index is 0.0517. The number of ether oxygens (including phenoxy) is 1. The van der Waals surface area contributed by atoms with Crippen LogP contribution in [0.15, 0.2) is 48.5 Å². The molecule has 10 heteroatoms. The van der Waals surface area contributed by atoms with Crippen LogP contribution >= 0.6 is 11.6 Å². The zero-order valence-corrected chi connectivity index (χ0v) is 14.3. The first-order valence-corrected chi connectivity index (χ1v) is 7.53. The Labute approximate surface area is 156 Å². The number of benzene rings is 2. The average molecular weight is 404 g/mol. The molecule has 2 rings (SSSR count). The number of alkyl halides is 3. The number of hydrogen-bond donors (Lipinski definition) is 2. The second kappa shape index (κ2) is 9.70. The molecule has 0 bridgehead atoms. The highest BCUT2D eigenvalue weighted by Gasteiger charge is 2.38. The van der Waals surface area contributed by atoms with E-state index in [9.17, 15) is 22.8 Å². The SMILES string of the molecule is NCC(=O)c1ccc(OC(=O)c2ccc(Cl)cc2)cc1.O=C(O)C(F)(F)F. The molecule has 3 N–H and O–H groups in total. The largest absolute Gasteiger partial charge is 0.490 e. The van der Waals surface area contributed by atoms with Gasteiger partial charge in [-0.05, 0) is 48.5 Å². The number of rotatable bonds is 4. The molecule has 0 heterocycles. The Bertz CT molecular complexity index is 805. The molecule has 0 aliphatic rings. The van der Waals surface area contributed by atoms with Gasteiger partial charge >= 0.3 is 18.1 Å². The number of halogens is 4. The van der Waals surface area contributed by atoms with Gasteiger partial charge in [-0.15, -0.1) is 0 Å². The standard InChI is InChI=1S/C15H12ClNO3.C2HF3O2/c16-12-5-1-11(2-6-12)15(19)20-13-7-3-10(4-8-13)14(18)9-17;3-2(4,5)1(6)7/h1-8H,9,17H2;(H,6,7). The maximum absolute atomic E-state index is 11.8. The van der Waals surface area contributed by atoms with Gasteiger partial charge in [-0.3, -0.25) is 4.79 Å². The summed E-state index contributed by atoms with van der Waals surface area (Å²) in [5.41, 5.74) is 6.15. The van der Waals surface area contributed by atoms with Crippen LogP contribution in [0.4, 0.5) is 13.2 Å². The van der Waals surface area contributed by atoms with E-state index in [0.717, 1.165) is 0 Å². The zero-order chi connectivity index (χ0) is 20.6. The zero-order valence-electron chi connectivity index (χ0n) is 13.5. The van der Waals surface area contributed by atoms with Crippen LogP contribution in [-0.4, -0.2) is 35.5 Å². The smallest absolute Gasteiger partial charge is 0.475 e. The number of ketones is 1. The summed E-state index contributed by atoms with van der Waals surface area (Å²) in [5.74, 6) is -3.05. The van der Waals surface area contributed by atoms with Gasteiger partial charge in [0.1, 0.15) is 5.75 Å². The van der Waals surface area contributed by atoms with Crippen molar-refractivity contribution in [3.05, 3.63) is 64.7 Å². The second-order valence-corrected chi connectivity index (χ2v) is 5.29. The van der Waals surface area contributed by atoms with Crippen molar-refractivity contribution < 1.29 is 37.4 Å². The summed E-state index contributed by atoms with van der Waals surface area (Å²) in [5, 5.41) is 7.67. The van der Waals surface area contributed by atoms with Gasteiger partial charge in [0, 0.05) is 10.6 Å². The lowest BCUT2D eigenvalue weighted by Gasteiger charge is -2.05. The molecular formula is C17H13ClF3NO5. The Morgan fingerprint density at radius 2 is 1.41 bits per heavy atom. The molecule has 0 saturated heterocycles. The van der Waals surface area contributed by atoms with E-state index in [1.807, 2.05) is 0 Å². The normalized spacial score (nSPS) is 10.4. The quantitative estimate of drug-likeness (QED) is 0.460. The highest BCUT2D eigenvalue weighted by atomic mass is 35.5. The third-order valence-corrected chi connectivity index (χ3v) is 3.15. The highest BCUT2D eigenvalue weighted by molar-refractivity contribution is 6.30. The van der Waals surface area contributed by atoms with Crippen molar-refractivity contribution in [3.8, 4) is 5.75 Å². The number of carboxylic acid groups (broad SMARTS) is 1. The van der Waals surface area contributed by atoms with E-state index in [1.165, 1.54) is 0 Å². The number of carboxylic acids is 1. The monoisotopic (exact) mass is 403 g/mol. The van der Waals surface area contributed by atoms with Crippen LogP contribution in [0, 0.1) is 0 Å². The molecule has 0 amide bonds. The summed E-state index contributed by atoms with van der Waals surface area (Å²) >= 11 is 5.74. The summed E-state index contributed by atoms with van der Waals surface area (Å²) in [6.45, 7) is -0.0517. The molecule has 0 radical (unpaired) electrons. The summed E-state index contributed by atoms with van der Waals surface area (Å²) in [7, 11) is 0. The molecule has 0 aliphatic heterocycles. The maximum atomic E-state index is 11.8. The Hall–Kier alpha value is -2.91. The van der Waals surface area contributed by atoms with E-state index in [1.54, 1.807) is 48.5 Å².